The number of hydrogen-bond donors (Lipinski definition) is 1. The van der Waals surface area contributed by atoms with E-state index >= 15 is 0 Å². The van der Waals surface area contributed by atoms with Gasteiger partial charge < -0.3 is 10.1 Å². The minimum absolute atomic E-state index is 0.0913. The minimum Gasteiger partial charge on any atom is -0.375 e. The molecule has 0 radical (unpaired) electrons. The Bertz CT molecular complexity index is 176. The van der Waals surface area contributed by atoms with Gasteiger partial charge in [-0.2, -0.15) is 0 Å². The Labute approximate surface area is 81.4 Å². The Hall–Kier alpha value is 0.01000. The van der Waals surface area contributed by atoms with Crippen LogP contribution in [0.2, 0.25) is 0 Å². The van der Waals surface area contributed by atoms with Gasteiger partial charge >= 0.3 is 0 Å². The van der Waals surface area contributed by atoms with E-state index in [0.717, 1.165) is 0 Å². The standard InChI is InChI=1S/C7H11Cl2NO2/c1-12-4-6(11)10-5-2-7(8,9)3-5/h5H,2-4H2,1H3,(H,10,11). The maximum Gasteiger partial charge on any atom is 0.246 e. The van der Waals surface area contributed by atoms with Crippen LogP contribution in [0, 0.1) is 0 Å². The summed E-state index contributed by atoms with van der Waals surface area (Å²) in [6.45, 7) is 0.0913. The van der Waals surface area contributed by atoms with E-state index in [-0.39, 0.29) is 18.6 Å². The Balaban J connectivity index is 2.14. The third kappa shape index (κ3) is 2.81. The Morgan fingerprint density at radius 1 is 1.67 bits per heavy atom. The Morgan fingerprint density at radius 3 is 2.67 bits per heavy atom. The molecular weight excluding hydrogens is 201 g/mol. The van der Waals surface area contributed by atoms with E-state index in [0.29, 0.717) is 12.8 Å². The van der Waals surface area contributed by atoms with Crippen molar-refractivity contribution in [3.05, 3.63) is 0 Å². The third-order valence-electron chi connectivity index (χ3n) is 1.73. The van der Waals surface area contributed by atoms with E-state index in [4.69, 9.17) is 23.2 Å². The minimum atomic E-state index is -0.634. The molecular formula is C7H11Cl2NO2. The summed E-state index contributed by atoms with van der Waals surface area (Å²) < 4.78 is 4.01. The first-order valence-electron chi connectivity index (χ1n) is 3.69. The van der Waals surface area contributed by atoms with Crippen molar-refractivity contribution < 1.29 is 9.53 Å². The maximum absolute atomic E-state index is 10.9. The van der Waals surface area contributed by atoms with Gasteiger partial charge in [0.2, 0.25) is 5.91 Å². The number of nitrogens with one attached hydrogen (secondary N) is 1. The van der Waals surface area contributed by atoms with Gasteiger partial charge in [-0.3, -0.25) is 4.79 Å². The predicted octanol–water partition coefficient (Wildman–Crippen LogP) is 1.09. The van der Waals surface area contributed by atoms with Crippen molar-refractivity contribution >= 4 is 29.1 Å². The van der Waals surface area contributed by atoms with Crippen LogP contribution in [0.1, 0.15) is 12.8 Å². The summed E-state index contributed by atoms with van der Waals surface area (Å²) >= 11 is 11.5. The molecule has 0 aromatic heterocycles. The number of methoxy groups -OCH3 is 1. The molecule has 1 aliphatic rings. The summed E-state index contributed by atoms with van der Waals surface area (Å²) in [5.74, 6) is -0.119. The van der Waals surface area contributed by atoms with Crippen molar-refractivity contribution in [1.82, 2.24) is 5.32 Å². The number of halogens is 2. The van der Waals surface area contributed by atoms with Crippen LogP contribution in [-0.4, -0.2) is 30.0 Å². The summed E-state index contributed by atoms with van der Waals surface area (Å²) in [5.41, 5.74) is 0. The number of alkyl halides is 2. The fraction of sp³-hybridized carbons (Fsp3) is 0.857. The van der Waals surface area contributed by atoms with Gasteiger partial charge in [0, 0.05) is 26.0 Å². The summed E-state index contributed by atoms with van der Waals surface area (Å²) in [6.07, 6.45) is 1.23. The second kappa shape index (κ2) is 3.81. The highest BCUT2D eigenvalue weighted by atomic mass is 35.5. The van der Waals surface area contributed by atoms with Crippen molar-refractivity contribution in [2.45, 2.75) is 23.2 Å². The molecule has 5 heteroatoms. The second-order valence-electron chi connectivity index (χ2n) is 2.96. The topological polar surface area (TPSA) is 38.3 Å². The number of carbonyl (C=O) groups is 1. The molecule has 70 valence electrons. The van der Waals surface area contributed by atoms with Crippen molar-refractivity contribution in [2.24, 2.45) is 0 Å². The van der Waals surface area contributed by atoms with Crippen molar-refractivity contribution in [2.75, 3.05) is 13.7 Å². The Kier molecular flexibility index (Phi) is 3.21. The lowest BCUT2D eigenvalue weighted by Gasteiger charge is -2.38. The first kappa shape index (κ1) is 10.1. The molecule has 1 saturated carbocycles. The molecule has 1 aliphatic carbocycles. The van der Waals surface area contributed by atoms with Gasteiger partial charge in [-0.05, 0) is 0 Å². The average Bonchev–Trinajstić information content (AvgIpc) is 1.83. The van der Waals surface area contributed by atoms with Gasteiger partial charge in [-0.25, -0.2) is 0 Å². The summed E-state index contributed by atoms with van der Waals surface area (Å²) in [5, 5.41) is 2.74. The summed E-state index contributed by atoms with van der Waals surface area (Å²) in [4.78, 5) is 10.9. The quantitative estimate of drug-likeness (QED) is 0.711. The van der Waals surface area contributed by atoms with E-state index in [9.17, 15) is 4.79 Å². The highest BCUT2D eigenvalue weighted by molar-refractivity contribution is 6.49. The lowest BCUT2D eigenvalue weighted by atomic mass is 9.91. The van der Waals surface area contributed by atoms with Crippen LogP contribution < -0.4 is 5.32 Å². The second-order valence-corrected chi connectivity index (χ2v) is 4.60. The first-order chi connectivity index (χ1) is 5.53. The largest absolute Gasteiger partial charge is 0.375 e. The molecule has 0 aliphatic heterocycles. The van der Waals surface area contributed by atoms with Crippen LogP contribution in [0.4, 0.5) is 0 Å². The van der Waals surface area contributed by atoms with Crippen molar-refractivity contribution in [1.29, 1.82) is 0 Å². The molecule has 0 spiro atoms. The van der Waals surface area contributed by atoms with E-state index in [1.165, 1.54) is 7.11 Å². The number of hydrogen-bond acceptors (Lipinski definition) is 2. The third-order valence-corrected chi connectivity index (χ3v) is 2.35. The number of carbonyl (C=O) groups excluding carboxylic acids is 1. The molecule has 1 N–H and O–H groups in total. The normalized spacial score (nSPS) is 21.6. The molecule has 0 atom stereocenters. The zero-order chi connectivity index (χ0) is 9.19. The molecule has 0 bridgehead atoms. The zero-order valence-electron chi connectivity index (χ0n) is 6.77. The fourth-order valence-electron chi connectivity index (χ4n) is 1.16. The van der Waals surface area contributed by atoms with Gasteiger partial charge in [-0.15, -0.1) is 23.2 Å². The van der Waals surface area contributed by atoms with Gasteiger partial charge in [0.25, 0.3) is 0 Å². The molecule has 0 aromatic carbocycles. The lowest BCUT2D eigenvalue weighted by Crippen LogP contribution is -2.50. The van der Waals surface area contributed by atoms with Crippen LogP contribution >= 0.6 is 23.2 Å². The first-order valence-corrected chi connectivity index (χ1v) is 4.45. The van der Waals surface area contributed by atoms with Gasteiger partial charge in [0.15, 0.2) is 0 Å². The predicted molar refractivity (Wildman–Crippen MR) is 47.5 cm³/mol. The molecule has 12 heavy (non-hydrogen) atoms. The highest BCUT2D eigenvalue weighted by Gasteiger charge is 2.41. The fourth-order valence-corrected chi connectivity index (χ4v) is 1.91. The maximum atomic E-state index is 10.9. The van der Waals surface area contributed by atoms with Gasteiger partial charge in [0.05, 0.1) is 0 Å². The SMILES string of the molecule is COCC(=O)NC1CC(Cl)(Cl)C1. The number of amides is 1. The molecule has 0 heterocycles. The molecule has 1 rings (SSSR count). The molecule has 0 aromatic rings. The highest BCUT2D eigenvalue weighted by Crippen LogP contribution is 2.42. The van der Waals surface area contributed by atoms with E-state index in [1.54, 1.807) is 0 Å². The number of rotatable bonds is 3. The van der Waals surface area contributed by atoms with E-state index in [2.05, 4.69) is 10.1 Å². The van der Waals surface area contributed by atoms with Crippen molar-refractivity contribution in [3.63, 3.8) is 0 Å². The van der Waals surface area contributed by atoms with E-state index in [1.807, 2.05) is 0 Å². The zero-order valence-corrected chi connectivity index (χ0v) is 8.28. The van der Waals surface area contributed by atoms with Crippen LogP contribution in [0.25, 0.3) is 0 Å². The van der Waals surface area contributed by atoms with E-state index < -0.39 is 4.33 Å². The molecule has 1 fully saturated rings. The molecule has 1 amide bonds. The smallest absolute Gasteiger partial charge is 0.246 e. The Morgan fingerprint density at radius 2 is 2.25 bits per heavy atom. The van der Waals surface area contributed by atoms with Crippen molar-refractivity contribution in [3.8, 4) is 0 Å². The number of ether oxygens (including phenoxy) is 1. The van der Waals surface area contributed by atoms with Crippen LogP contribution in [0.15, 0.2) is 0 Å². The summed E-state index contributed by atoms with van der Waals surface area (Å²) in [6, 6.07) is 0.114. The van der Waals surface area contributed by atoms with Gasteiger partial charge in [0.1, 0.15) is 10.9 Å². The van der Waals surface area contributed by atoms with Gasteiger partial charge in [-0.1, -0.05) is 0 Å². The van der Waals surface area contributed by atoms with Crippen LogP contribution in [0.5, 0.6) is 0 Å². The average molecular weight is 212 g/mol. The monoisotopic (exact) mass is 211 g/mol. The molecule has 0 saturated heterocycles. The van der Waals surface area contributed by atoms with Crippen LogP contribution in [-0.2, 0) is 9.53 Å². The molecule has 3 nitrogen and oxygen atoms in total. The molecule has 0 unspecified atom stereocenters. The lowest BCUT2D eigenvalue weighted by molar-refractivity contribution is -0.126. The summed E-state index contributed by atoms with van der Waals surface area (Å²) in [7, 11) is 1.48. The van der Waals surface area contributed by atoms with Crippen LogP contribution in [0.3, 0.4) is 0 Å².